The van der Waals surface area contributed by atoms with Gasteiger partial charge in [0.05, 0.1) is 6.61 Å². The van der Waals surface area contributed by atoms with E-state index in [2.05, 4.69) is 38.0 Å². The molecule has 1 N–H and O–H groups in total. The lowest BCUT2D eigenvalue weighted by atomic mass is 9.97. The van der Waals surface area contributed by atoms with E-state index in [0.29, 0.717) is 17.1 Å². The van der Waals surface area contributed by atoms with Gasteiger partial charge >= 0.3 is 0 Å². The normalized spacial score (nSPS) is 16.6. The SMILES string of the molecule is CN(Cc1ccc2c(c1)N(c1ncc(-c3ccccc3F)cn1)CC21CC1)C(C)(C)CO. The van der Waals surface area contributed by atoms with Gasteiger partial charge in [-0.15, -0.1) is 0 Å². The van der Waals surface area contributed by atoms with Crippen LogP contribution >= 0.6 is 0 Å². The first-order valence-corrected chi connectivity index (χ1v) is 11.1. The minimum Gasteiger partial charge on any atom is -0.394 e. The first kappa shape index (κ1) is 21.0. The number of aromatic nitrogens is 2. The molecule has 1 saturated carbocycles. The Balaban J connectivity index is 1.45. The van der Waals surface area contributed by atoms with Crippen LogP contribution in [0.25, 0.3) is 11.1 Å². The molecular formula is C26H29FN4O. The van der Waals surface area contributed by atoms with Gasteiger partial charge in [-0.1, -0.05) is 30.3 Å². The molecule has 5 rings (SSSR count). The van der Waals surface area contributed by atoms with E-state index >= 15 is 0 Å². The average molecular weight is 433 g/mol. The second-order valence-electron chi connectivity index (χ2n) is 9.80. The summed E-state index contributed by atoms with van der Waals surface area (Å²) >= 11 is 0. The number of likely N-dealkylation sites (N-methyl/N-ethyl adjacent to an activating group) is 1. The Labute approximate surface area is 188 Å². The lowest BCUT2D eigenvalue weighted by Gasteiger charge is -2.34. The predicted octanol–water partition coefficient (Wildman–Crippen LogP) is 4.67. The van der Waals surface area contributed by atoms with Gasteiger partial charge in [0.15, 0.2) is 0 Å². The third-order valence-corrected chi connectivity index (χ3v) is 7.14. The van der Waals surface area contributed by atoms with Crippen molar-refractivity contribution in [3.8, 4) is 11.1 Å². The van der Waals surface area contributed by atoms with Crippen LogP contribution < -0.4 is 4.90 Å². The maximum absolute atomic E-state index is 14.2. The smallest absolute Gasteiger partial charge is 0.229 e. The van der Waals surface area contributed by atoms with Gasteiger partial charge in [0.1, 0.15) is 5.82 Å². The Morgan fingerprint density at radius 2 is 1.84 bits per heavy atom. The van der Waals surface area contributed by atoms with E-state index in [1.54, 1.807) is 24.5 Å². The number of benzene rings is 2. The summed E-state index contributed by atoms with van der Waals surface area (Å²) in [7, 11) is 2.04. The zero-order valence-corrected chi connectivity index (χ0v) is 18.8. The summed E-state index contributed by atoms with van der Waals surface area (Å²) in [5, 5.41) is 9.70. The molecule has 1 aliphatic heterocycles. The van der Waals surface area contributed by atoms with Crippen LogP contribution in [0.3, 0.4) is 0 Å². The summed E-state index contributed by atoms with van der Waals surface area (Å²) in [6.07, 6.45) is 5.78. The Hall–Kier alpha value is -2.83. The molecule has 1 aliphatic carbocycles. The Kier molecular flexibility index (Phi) is 5.02. The van der Waals surface area contributed by atoms with Crippen LogP contribution in [-0.2, 0) is 12.0 Å². The first-order valence-electron chi connectivity index (χ1n) is 11.1. The molecule has 1 fully saturated rings. The van der Waals surface area contributed by atoms with Gasteiger partial charge in [-0.2, -0.15) is 0 Å². The van der Waals surface area contributed by atoms with Crippen LogP contribution in [0.1, 0.15) is 37.8 Å². The largest absolute Gasteiger partial charge is 0.394 e. The Morgan fingerprint density at radius 3 is 2.50 bits per heavy atom. The fourth-order valence-electron chi connectivity index (χ4n) is 4.48. The molecule has 0 bridgehead atoms. The molecule has 1 aromatic heterocycles. The first-order chi connectivity index (χ1) is 15.3. The molecule has 0 amide bonds. The van der Waals surface area contributed by atoms with E-state index < -0.39 is 0 Å². The van der Waals surface area contributed by atoms with Gasteiger partial charge in [0.2, 0.25) is 5.95 Å². The Bertz CT molecular complexity index is 1140. The van der Waals surface area contributed by atoms with E-state index in [1.807, 2.05) is 27.0 Å². The number of hydrogen-bond donors (Lipinski definition) is 1. The summed E-state index contributed by atoms with van der Waals surface area (Å²) in [5.41, 5.74) is 4.82. The van der Waals surface area contributed by atoms with Crippen molar-refractivity contribution in [2.24, 2.45) is 0 Å². The van der Waals surface area contributed by atoms with Crippen LogP contribution in [-0.4, -0.2) is 45.7 Å². The standard InChI is InChI=1S/C26H29FN4O/c1-25(2,17-32)30(3)15-18-8-9-21-23(12-18)31(16-26(21)10-11-26)24-28-13-19(14-29-24)20-6-4-5-7-22(20)27/h4-9,12-14,32H,10-11,15-17H2,1-3H3. The van der Waals surface area contributed by atoms with Crippen LogP contribution in [0.4, 0.5) is 16.0 Å². The van der Waals surface area contributed by atoms with Gasteiger partial charge in [-0.25, -0.2) is 14.4 Å². The highest BCUT2D eigenvalue weighted by Gasteiger charge is 2.52. The van der Waals surface area contributed by atoms with Crippen molar-refractivity contribution in [1.29, 1.82) is 0 Å². The van der Waals surface area contributed by atoms with Crippen LogP contribution in [0.5, 0.6) is 0 Å². The molecule has 0 saturated heterocycles. The van der Waals surface area contributed by atoms with Gasteiger partial charge in [0.25, 0.3) is 0 Å². The van der Waals surface area contributed by atoms with Crippen molar-refractivity contribution in [3.63, 3.8) is 0 Å². The van der Waals surface area contributed by atoms with Gasteiger partial charge in [-0.05, 0) is 57.0 Å². The quantitative estimate of drug-likeness (QED) is 0.614. The summed E-state index contributed by atoms with van der Waals surface area (Å²) in [6, 6.07) is 13.4. The van der Waals surface area contributed by atoms with Crippen LogP contribution in [0.2, 0.25) is 0 Å². The second-order valence-corrected chi connectivity index (χ2v) is 9.80. The minimum atomic E-state index is -0.290. The highest BCUT2D eigenvalue weighted by Crippen LogP contribution is 2.57. The average Bonchev–Trinajstić information content (AvgIpc) is 3.51. The zero-order valence-electron chi connectivity index (χ0n) is 18.8. The fraction of sp³-hybridized carbons (Fsp3) is 0.385. The summed E-state index contributed by atoms with van der Waals surface area (Å²) < 4.78 is 14.2. The maximum atomic E-state index is 14.2. The van der Waals surface area contributed by atoms with Crippen molar-refractivity contribution in [1.82, 2.24) is 14.9 Å². The zero-order chi connectivity index (χ0) is 22.5. The highest BCUT2D eigenvalue weighted by molar-refractivity contribution is 5.72. The minimum absolute atomic E-state index is 0.103. The summed E-state index contributed by atoms with van der Waals surface area (Å²) in [5.74, 6) is 0.378. The number of hydrogen-bond acceptors (Lipinski definition) is 5. The fourth-order valence-corrected chi connectivity index (χ4v) is 4.48. The Morgan fingerprint density at radius 1 is 1.12 bits per heavy atom. The summed E-state index contributed by atoms with van der Waals surface area (Å²) in [4.78, 5) is 13.6. The molecule has 0 unspecified atom stereocenters. The molecule has 2 aromatic carbocycles. The maximum Gasteiger partial charge on any atom is 0.229 e. The van der Waals surface area contributed by atoms with Crippen molar-refractivity contribution < 1.29 is 9.50 Å². The molecule has 0 atom stereocenters. The van der Waals surface area contributed by atoms with Crippen molar-refractivity contribution in [2.75, 3.05) is 25.1 Å². The molecule has 5 nitrogen and oxygen atoms in total. The van der Waals surface area contributed by atoms with Crippen LogP contribution in [0.15, 0.2) is 54.9 Å². The number of nitrogens with zero attached hydrogens (tertiary/aromatic N) is 4. The van der Waals surface area contributed by atoms with E-state index in [0.717, 1.165) is 18.8 Å². The van der Waals surface area contributed by atoms with Gasteiger partial charge in [-0.3, -0.25) is 4.90 Å². The molecule has 1 spiro atoms. The molecule has 0 radical (unpaired) electrons. The van der Waals surface area contributed by atoms with Crippen molar-refractivity contribution in [3.05, 3.63) is 71.8 Å². The molecule has 3 aromatic rings. The van der Waals surface area contributed by atoms with E-state index in [1.165, 1.54) is 30.0 Å². The third kappa shape index (κ3) is 3.57. The lowest BCUT2D eigenvalue weighted by molar-refractivity contribution is 0.0734. The van der Waals surface area contributed by atoms with Gasteiger partial charge < -0.3 is 10.0 Å². The molecular weight excluding hydrogens is 403 g/mol. The molecule has 166 valence electrons. The predicted molar refractivity (Wildman–Crippen MR) is 124 cm³/mol. The molecule has 32 heavy (non-hydrogen) atoms. The number of anilines is 2. The van der Waals surface area contributed by atoms with Gasteiger partial charge in [0, 0.05) is 53.3 Å². The lowest BCUT2D eigenvalue weighted by Crippen LogP contribution is -2.43. The highest BCUT2D eigenvalue weighted by atomic mass is 19.1. The monoisotopic (exact) mass is 432 g/mol. The molecule has 2 aliphatic rings. The number of fused-ring (bicyclic) bond motifs is 2. The number of rotatable bonds is 6. The molecule has 6 heteroatoms. The number of aliphatic hydroxyl groups is 1. The topological polar surface area (TPSA) is 52.5 Å². The van der Waals surface area contributed by atoms with E-state index in [-0.39, 0.29) is 23.4 Å². The van der Waals surface area contributed by atoms with Crippen molar-refractivity contribution >= 4 is 11.6 Å². The van der Waals surface area contributed by atoms with E-state index in [9.17, 15) is 9.50 Å². The second kappa shape index (κ2) is 7.64. The third-order valence-electron chi connectivity index (χ3n) is 7.14. The van der Waals surface area contributed by atoms with E-state index in [4.69, 9.17) is 0 Å². The summed E-state index contributed by atoms with van der Waals surface area (Å²) in [6.45, 7) is 5.80. The van der Waals surface area contributed by atoms with Crippen molar-refractivity contribution in [2.45, 2.75) is 44.2 Å². The molecule has 2 heterocycles. The number of aliphatic hydroxyl groups excluding tert-OH is 1. The number of halogens is 1. The van der Waals surface area contributed by atoms with Crippen LogP contribution in [0, 0.1) is 5.82 Å².